The van der Waals surface area contributed by atoms with E-state index in [2.05, 4.69) is 18.5 Å². The molecule has 1 aromatic rings. The van der Waals surface area contributed by atoms with E-state index in [-0.39, 0.29) is 0 Å². The summed E-state index contributed by atoms with van der Waals surface area (Å²) < 4.78 is 0. The van der Waals surface area contributed by atoms with Crippen molar-refractivity contribution in [1.29, 1.82) is 0 Å². The lowest BCUT2D eigenvalue weighted by Gasteiger charge is -2.16. The predicted molar refractivity (Wildman–Crippen MR) is 75.5 cm³/mol. The fourth-order valence-corrected chi connectivity index (χ4v) is 2.06. The van der Waals surface area contributed by atoms with Gasteiger partial charge < -0.3 is 16.8 Å². The first kappa shape index (κ1) is 13.7. The molecular formula is C12H19N3OS. The number of thioether (sulfide) groups is 1. The number of benzene rings is 1. The summed E-state index contributed by atoms with van der Waals surface area (Å²) in [6.45, 7) is 2.09. The number of rotatable bonds is 6. The lowest BCUT2D eigenvalue weighted by molar-refractivity contribution is 0.100. The molecule has 0 spiro atoms. The van der Waals surface area contributed by atoms with Crippen molar-refractivity contribution in [3.05, 3.63) is 23.8 Å². The second-order valence-corrected chi connectivity index (χ2v) is 4.98. The van der Waals surface area contributed by atoms with Gasteiger partial charge in [-0.3, -0.25) is 4.79 Å². The third kappa shape index (κ3) is 4.19. The first-order valence-electron chi connectivity index (χ1n) is 5.49. The topological polar surface area (TPSA) is 81.1 Å². The smallest absolute Gasteiger partial charge is 0.248 e. The van der Waals surface area contributed by atoms with Gasteiger partial charge in [-0.1, -0.05) is 0 Å². The van der Waals surface area contributed by atoms with E-state index in [0.717, 1.165) is 17.9 Å². The quantitative estimate of drug-likeness (QED) is 0.677. The Kier molecular flexibility index (Phi) is 5.15. The summed E-state index contributed by atoms with van der Waals surface area (Å²) in [7, 11) is 0. The second-order valence-electron chi connectivity index (χ2n) is 3.99. The molecule has 0 bridgehead atoms. The van der Waals surface area contributed by atoms with Gasteiger partial charge in [0.05, 0.1) is 11.4 Å². The monoisotopic (exact) mass is 253 g/mol. The molecule has 0 aromatic heterocycles. The molecule has 4 nitrogen and oxygen atoms in total. The van der Waals surface area contributed by atoms with Crippen molar-refractivity contribution in [1.82, 2.24) is 0 Å². The van der Waals surface area contributed by atoms with Crippen molar-refractivity contribution >= 4 is 29.0 Å². The number of carbonyl (C=O) groups excluding carboxylic acids is 1. The molecular weight excluding hydrogens is 234 g/mol. The highest BCUT2D eigenvalue weighted by molar-refractivity contribution is 7.98. The molecule has 1 aromatic carbocycles. The molecule has 1 atom stereocenters. The highest BCUT2D eigenvalue weighted by Gasteiger charge is 2.07. The highest BCUT2D eigenvalue weighted by Crippen LogP contribution is 2.21. The van der Waals surface area contributed by atoms with Crippen molar-refractivity contribution in [2.24, 2.45) is 5.73 Å². The molecule has 0 aliphatic heterocycles. The van der Waals surface area contributed by atoms with Gasteiger partial charge in [0.2, 0.25) is 5.91 Å². The lowest BCUT2D eigenvalue weighted by atomic mass is 10.1. The minimum Gasteiger partial charge on any atom is -0.397 e. The van der Waals surface area contributed by atoms with Gasteiger partial charge >= 0.3 is 0 Å². The van der Waals surface area contributed by atoms with Crippen molar-refractivity contribution in [2.75, 3.05) is 23.1 Å². The summed E-state index contributed by atoms with van der Waals surface area (Å²) in [4.78, 5) is 11.1. The summed E-state index contributed by atoms with van der Waals surface area (Å²) >= 11 is 1.81. The maximum absolute atomic E-state index is 11.1. The first-order valence-corrected chi connectivity index (χ1v) is 6.88. The number of hydrogen-bond donors (Lipinski definition) is 3. The molecule has 0 saturated heterocycles. The molecule has 94 valence electrons. The number of nitrogens with two attached hydrogens (primary N) is 2. The van der Waals surface area contributed by atoms with E-state index >= 15 is 0 Å². The Balaban J connectivity index is 2.75. The lowest BCUT2D eigenvalue weighted by Crippen LogP contribution is -2.18. The van der Waals surface area contributed by atoms with E-state index in [9.17, 15) is 4.79 Å². The van der Waals surface area contributed by atoms with Gasteiger partial charge in [0.25, 0.3) is 0 Å². The largest absolute Gasteiger partial charge is 0.397 e. The van der Waals surface area contributed by atoms with Gasteiger partial charge in [-0.25, -0.2) is 0 Å². The van der Waals surface area contributed by atoms with Crippen LogP contribution in [0.2, 0.25) is 0 Å². The van der Waals surface area contributed by atoms with Gasteiger partial charge in [-0.05, 0) is 43.6 Å². The number of primary amides is 1. The van der Waals surface area contributed by atoms with Crippen LogP contribution in [0.1, 0.15) is 23.7 Å². The predicted octanol–water partition coefficient (Wildman–Crippen LogP) is 1.92. The van der Waals surface area contributed by atoms with Crippen molar-refractivity contribution < 1.29 is 4.79 Å². The Morgan fingerprint density at radius 1 is 1.53 bits per heavy atom. The van der Waals surface area contributed by atoms with Crippen LogP contribution in [0.5, 0.6) is 0 Å². The average molecular weight is 253 g/mol. The van der Waals surface area contributed by atoms with Gasteiger partial charge in [-0.2, -0.15) is 11.8 Å². The van der Waals surface area contributed by atoms with Crippen LogP contribution in [-0.4, -0.2) is 24.0 Å². The molecule has 0 aliphatic carbocycles. The molecule has 1 unspecified atom stereocenters. The summed E-state index contributed by atoms with van der Waals surface area (Å²) in [6, 6.07) is 5.35. The third-order valence-corrected chi connectivity index (χ3v) is 3.14. The van der Waals surface area contributed by atoms with Crippen LogP contribution >= 0.6 is 11.8 Å². The minimum atomic E-state index is -0.440. The fourth-order valence-electron chi connectivity index (χ4n) is 1.47. The van der Waals surface area contributed by atoms with Crippen LogP contribution in [-0.2, 0) is 0 Å². The maximum Gasteiger partial charge on any atom is 0.248 e. The van der Waals surface area contributed by atoms with Gasteiger partial charge in [0, 0.05) is 11.6 Å². The molecule has 0 radical (unpaired) electrons. The highest BCUT2D eigenvalue weighted by atomic mass is 32.2. The molecule has 0 fully saturated rings. The molecule has 0 saturated carbocycles. The summed E-state index contributed by atoms with van der Waals surface area (Å²) in [5, 5.41) is 3.29. The Morgan fingerprint density at radius 2 is 2.24 bits per heavy atom. The van der Waals surface area contributed by atoms with Crippen LogP contribution in [0.4, 0.5) is 11.4 Å². The summed E-state index contributed by atoms with van der Waals surface area (Å²) in [5.74, 6) is 0.647. The maximum atomic E-state index is 11.1. The van der Waals surface area contributed by atoms with E-state index in [1.165, 1.54) is 0 Å². The Morgan fingerprint density at radius 3 is 2.82 bits per heavy atom. The van der Waals surface area contributed by atoms with E-state index in [0.29, 0.717) is 17.3 Å². The molecule has 17 heavy (non-hydrogen) atoms. The van der Waals surface area contributed by atoms with Crippen molar-refractivity contribution in [2.45, 2.75) is 19.4 Å². The fraction of sp³-hybridized carbons (Fsp3) is 0.417. The normalized spacial score (nSPS) is 12.1. The standard InChI is InChI=1S/C12H19N3OS/c1-8(5-6-17-2)15-11-7-9(12(14)16)3-4-10(11)13/h3-4,7-8,15H,5-6,13H2,1-2H3,(H2,14,16). The Labute approximate surface area is 106 Å². The van der Waals surface area contributed by atoms with Crippen LogP contribution in [0.15, 0.2) is 18.2 Å². The number of hydrogen-bond acceptors (Lipinski definition) is 4. The molecule has 5 N–H and O–H groups in total. The van der Waals surface area contributed by atoms with Gasteiger partial charge in [0.1, 0.15) is 0 Å². The van der Waals surface area contributed by atoms with E-state index in [1.54, 1.807) is 18.2 Å². The zero-order valence-electron chi connectivity index (χ0n) is 10.2. The average Bonchev–Trinajstić information content (AvgIpc) is 2.29. The van der Waals surface area contributed by atoms with Crippen LogP contribution in [0.3, 0.4) is 0 Å². The number of anilines is 2. The summed E-state index contributed by atoms with van der Waals surface area (Å²) in [5.41, 5.74) is 13.0. The second kappa shape index (κ2) is 6.39. The van der Waals surface area contributed by atoms with E-state index < -0.39 is 5.91 Å². The number of carbonyl (C=O) groups is 1. The minimum absolute atomic E-state index is 0.313. The van der Waals surface area contributed by atoms with Gasteiger partial charge in [-0.15, -0.1) is 0 Å². The molecule has 1 rings (SSSR count). The number of nitrogen functional groups attached to an aromatic ring is 1. The Hall–Kier alpha value is -1.36. The number of amides is 1. The van der Waals surface area contributed by atoms with Gasteiger partial charge in [0.15, 0.2) is 0 Å². The first-order chi connectivity index (χ1) is 8.04. The zero-order chi connectivity index (χ0) is 12.8. The SMILES string of the molecule is CSCCC(C)Nc1cc(C(N)=O)ccc1N. The molecule has 5 heteroatoms. The Bertz CT molecular complexity index is 395. The molecule has 1 amide bonds. The van der Waals surface area contributed by atoms with E-state index in [4.69, 9.17) is 11.5 Å². The zero-order valence-corrected chi connectivity index (χ0v) is 11.0. The van der Waals surface area contributed by atoms with Crippen LogP contribution in [0, 0.1) is 0 Å². The number of nitrogens with one attached hydrogen (secondary N) is 1. The molecule has 0 heterocycles. The van der Waals surface area contributed by atoms with Crippen molar-refractivity contribution in [3.8, 4) is 0 Å². The summed E-state index contributed by atoms with van der Waals surface area (Å²) in [6.07, 6.45) is 3.12. The third-order valence-electron chi connectivity index (χ3n) is 2.49. The van der Waals surface area contributed by atoms with Crippen LogP contribution in [0.25, 0.3) is 0 Å². The van der Waals surface area contributed by atoms with Crippen LogP contribution < -0.4 is 16.8 Å². The van der Waals surface area contributed by atoms with Crippen molar-refractivity contribution in [3.63, 3.8) is 0 Å². The molecule has 0 aliphatic rings. The van der Waals surface area contributed by atoms with E-state index in [1.807, 2.05) is 11.8 Å².